The number of carbonyl (C=O) groups excluding carboxylic acids is 1. The number of carbonyl (C=O) groups is 1. The largest absolute Gasteiger partial charge is 0.344 e. The van der Waals surface area contributed by atoms with E-state index >= 15 is 0 Å². The van der Waals surface area contributed by atoms with E-state index in [9.17, 15) is 4.79 Å². The van der Waals surface area contributed by atoms with Gasteiger partial charge in [-0.2, -0.15) is 0 Å². The molecule has 1 aliphatic heterocycles. The van der Waals surface area contributed by atoms with Crippen LogP contribution in [0.15, 0.2) is 30.3 Å². The highest BCUT2D eigenvalue weighted by Crippen LogP contribution is 2.12. The molecule has 1 atom stereocenters. The second kappa shape index (κ2) is 5.30. The SMILES string of the molecule is O=C(Cl)N(Cc1ccccc1)[C@@H]1NCCO1. The Hall–Kier alpha value is -1.10. The first-order valence-corrected chi connectivity index (χ1v) is 5.50. The minimum Gasteiger partial charge on any atom is -0.344 e. The lowest BCUT2D eigenvalue weighted by atomic mass is 10.2. The molecule has 5 heteroatoms. The quantitative estimate of drug-likeness (QED) is 0.647. The highest BCUT2D eigenvalue weighted by Gasteiger charge is 2.25. The van der Waals surface area contributed by atoms with E-state index < -0.39 is 11.7 Å². The molecule has 1 N–H and O–H groups in total. The molecule has 4 nitrogen and oxygen atoms in total. The maximum atomic E-state index is 11.3. The van der Waals surface area contributed by atoms with Crippen molar-refractivity contribution in [3.05, 3.63) is 35.9 Å². The van der Waals surface area contributed by atoms with Crippen LogP contribution in [0.5, 0.6) is 0 Å². The normalized spacial score (nSPS) is 19.7. The van der Waals surface area contributed by atoms with Crippen LogP contribution in [-0.2, 0) is 11.3 Å². The van der Waals surface area contributed by atoms with Crippen LogP contribution in [0, 0.1) is 0 Å². The summed E-state index contributed by atoms with van der Waals surface area (Å²) in [7, 11) is 0. The molecule has 16 heavy (non-hydrogen) atoms. The number of nitrogens with zero attached hydrogens (tertiary/aromatic N) is 1. The van der Waals surface area contributed by atoms with E-state index in [4.69, 9.17) is 16.3 Å². The number of hydrogen-bond donors (Lipinski definition) is 1. The van der Waals surface area contributed by atoms with Gasteiger partial charge < -0.3 is 4.74 Å². The second-order valence-corrected chi connectivity index (χ2v) is 3.87. The molecular formula is C11H13ClN2O2. The van der Waals surface area contributed by atoms with Gasteiger partial charge in [0.25, 0.3) is 0 Å². The van der Waals surface area contributed by atoms with Crippen LogP contribution in [0.25, 0.3) is 0 Å². The monoisotopic (exact) mass is 240 g/mol. The number of halogens is 1. The molecule has 1 aliphatic rings. The van der Waals surface area contributed by atoms with Gasteiger partial charge in [0.15, 0.2) is 6.35 Å². The van der Waals surface area contributed by atoms with Crippen molar-refractivity contribution in [3.8, 4) is 0 Å². The highest BCUT2D eigenvalue weighted by atomic mass is 35.5. The highest BCUT2D eigenvalue weighted by molar-refractivity contribution is 6.62. The number of benzene rings is 1. The van der Waals surface area contributed by atoms with Crippen LogP contribution >= 0.6 is 11.6 Å². The van der Waals surface area contributed by atoms with Gasteiger partial charge in [0, 0.05) is 6.54 Å². The van der Waals surface area contributed by atoms with Gasteiger partial charge in [0.2, 0.25) is 0 Å². The van der Waals surface area contributed by atoms with E-state index in [2.05, 4.69) is 5.32 Å². The standard InChI is InChI=1S/C11H13ClN2O2/c12-10(15)14(11-13-6-7-16-11)8-9-4-2-1-3-5-9/h1-5,11,13H,6-8H2/t11-/m0/s1. The number of ether oxygens (including phenoxy) is 1. The molecule has 1 fully saturated rings. The van der Waals surface area contributed by atoms with Crippen molar-refractivity contribution in [2.24, 2.45) is 0 Å². The van der Waals surface area contributed by atoms with Crippen molar-refractivity contribution in [1.29, 1.82) is 0 Å². The molecule has 1 saturated heterocycles. The zero-order valence-electron chi connectivity index (χ0n) is 8.73. The predicted molar refractivity (Wildman–Crippen MR) is 61.0 cm³/mol. The van der Waals surface area contributed by atoms with Crippen LogP contribution in [-0.4, -0.2) is 29.8 Å². The number of amides is 1. The summed E-state index contributed by atoms with van der Waals surface area (Å²) in [4.78, 5) is 12.8. The number of hydrogen-bond acceptors (Lipinski definition) is 3. The lowest BCUT2D eigenvalue weighted by Gasteiger charge is -2.25. The fraction of sp³-hybridized carbons (Fsp3) is 0.364. The van der Waals surface area contributed by atoms with E-state index in [0.717, 1.165) is 12.1 Å². The Bertz CT molecular complexity index is 352. The van der Waals surface area contributed by atoms with Gasteiger partial charge in [0.05, 0.1) is 13.2 Å². The zero-order valence-corrected chi connectivity index (χ0v) is 9.48. The zero-order chi connectivity index (χ0) is 11.4. The van der Waals surface area contributed by atoms with Crippen molar-refractivity contribution in [2.45, 2.75) is 12.9 Å². The Kier molecular flexibility index (Phi) is 3.77. The van der Waals surface area contributed by atoms with Crippen LogP contribution in [0.1, 0.15) is 5.56 Å². The summed E-state index contributed by atoms with van der Waals surface area (Å²) in [5.41, 5.74) is 1.02. The summed E-state index contributed by atoms with van der Waals surface area (Å²) in [6.07, 6.45) is -0.412. The van der Waals surface area contributed by atoms with Gasteiger partial charge in [-0.3, -0.25) is 15.0 Å². The smallest absolute Gasteiger partial charge is 0.319 e. The van der Waals surface area contributed by atoms with Crippen molar-refractivity contribution in [2.75, 3.05) is 13.2 Å². The van der Waals surface area contributed by atoms with Crippen molar-refractivity contribution >= 4 is 17.0 Å². The van der Waals surface area contributed by atoms with Crippen molar-refractivity contribution < 1.29 is 9.53 Å². The van der Waals surface area contributed by atoms with E-state index in [1.807, 2.05) is 30.3 Å². The Morgan fingerprint density at radius 2 is 2.25 bits per heavy atom. The fourth-order valence-corrected chi connectivity index (χ4v) is 1.78. The predicted octanol–water partition coefficient (Wildman–Crippen LogP) is 1.75. The number of rotatable bonds is 3. The fourth-order valence-electron chi connectivity index (χ4n) is 1.63. The molecule has 0 unspecified atom stereocenters. The summed E-state index contributed by atoms with van der Waals surface area (Å²) in [6, 6.07) is 9.68. The third-order valence-corrected chi connectivity index (χ3v) is 2.62. The van der Waals surface area contributed by atoms with Crippen LogP contribution in [0.4, 0.5) is 4.79 Å². The van der Waals surface area contributed by atoms with Gasteiger partial charge in [-0.1, -0.05) is 30.3 Å². The topological polar surface area (TPSA) is 41.6 Å². The summed E-state index contributed by atoms with van der Waals surface area (Å²) in [5, 5.41) is 2.55. The van der Waals surface area contributed by atoms with E-state index in [-0.39, 0.29) is 0 Å². The Morgan fingerprint density at radius 3 is 2.81 bits per heavy atom. The molecule has 1 aromatic carbocycles. The molecule has 0 radical (unpaired) electrons. The molecular weight excluding hydrogens is 228 g/mol. The van der Waals surface area contributed by atoms with Gasteiger partial charge in [-0.05, 0) is 17.2 Å². The Morgan fingerprint density at radius 1 is 1.50 bits per heavy atom. The number of nitrogens with one attached hydrogen (secondary N) is 1. The first kappa shape index (κ1) is 11.4. The van der Waals surface area contributed by atoms with Gasteiger partial charge in [-0.25, -0.2) is 0 Å². The summed E-state index contributed by atoms with van der Waals surface area (Å²) < 4.78 is 5.36. The third-order valence-electron chi connectivity index (χ3n) is 2.40. The van der Waals surface area contributed by atoms with E-state index in [0.29, 0.717) is 13.2 Å². The van der Waals surface area contributed by atoms with Gasteiger partial charge in [-0.15, -0.1) is 0 Å². The first-order chi connectivity index (χ1) is 7.77. The molecule has 0 aromatic heterocycles. The molecule has 1 aromatic rings. The lowest BCUT2D eigenvalue weighted by Crippen LogP contribution is -2.43. The van der Waals surface area contributed by atoms with Gasteiger partial charge in [0.1, 0.15) is 0 Å². The molecule has 0 aliphatic carbocycles. The molecule has 2 rings (SSSR count). The first-order valence-electron chi connectivity index (χ1n) is 5.12. The van der Waals surface area contributed by atoms with E-state index in [1.54, 1.807) is 0 Å². The average molecular weight is 241 g/mol. The van der Waals surface area contributed by atoms with Crippen LogP contribution in [0.3, 0.4) is 0 Å². The summed E-state index contributed by atoms with van der Waals surface area (Å²) >= 11 is 5.54. The second-order valence-electron chi connectivity index (χ2n) is 3.54. The molecule has 1 heterocycles. The Balaban J connectivity index is 2.05. The molecule has 1 amide bonds. The van der Waals surface area contributed by atoms with Crippen LogP contribution < -0.4 is 5.32 Å². The van der Waals surface area contributed by atoms with Crippen LogP contribution in [0.2, 0.25) is 0 Å². The lowest BCUT2D eigenvalue weighted by molar-refractivity contribution is -0.00503. The molecule has 0 saturated carbocycles. The summed E-state index contributed by atoms with van der Waals surface area (Å²) in [6.45, 7) is 1.78. The third kappa shape index (κ3) is 2.72. The van der Waals surface area contributed by atoms with Gasteiger partial charge >= 0.3 is 5.37 Å². The molecule has 86 valence electrons. The maximum Gasteiger partial charge on any atom is 0.319 e. The van der Waals surface area contributed by atoms with E-state index in [1.165, 1.54) is 4.90 Å². The molecule has 0 spiro atoms. The maximum absolute atomic E-state index is 11.3. The minimum atomic E-state index is -0.511. The minimum absolute atomic E-state index is 0.412. The average Bonchev–Trinajstić information content (AvgIpc) is 2.80. The molecule has 0 bridgehead atoms. The summed E-state index contributed by atoms with van der Waals surface area (Å²) in [5.74, 6) is 0. The van der Waals surface area contributed by atoms with Crippen molar-refractivity contribution in [3.63, 3.8) is 0 Å². The Labute approximate surface area is 99.1 Å². The van der Waals surface area contributed by atoms with Crippen molar-refractivity contribution in [1.82, 2.24) is 10.2 Å².